The van der Waals surface area contributed by atoms with Crippen LogP contribution in [0.3, 0.4) is 0 Å². The third kappa shape index (κ3) is 5.13. The maximum atomic E-state index is 12.3. The number of nitrogens with zero attached hydrogens (tertiary/aromatic N) is 1. The number of hydrogen-bond acceptors (Lipinski definition) is 5. The maximum Gasteiger partial charge on any atom is 0.328 e. The van der Waals surface area contributed by atoms with Gasteiger partial charge in [-0.25, -0.2) is 9.78 Å². The third-order valence-corrected chi connectivity index (χ3v) is 5.08. The van der Waals surface area contributed by atoms with Crippen molar-refractivity contribution in [1.82, 2.24) is 10.3 Å². The van der Waals surface area contributed by atoms with Gasteiger partial charge in [0.2, 0.25) is 5.91 Å². The fraction of sp³-hybridized carbons (Fsp3) is 0.421. The molecule has 6 heteroatoms. The Kier molecular flexibility index (Phi) is 6.70. The van der Waals surface area contributed by atoms with E-state index in [1.165, 1.54) is 24.0 Å². The van der Waals surface area contributed by atoms with E-state index in [0.29, 0.717) is 5.69 Å². The molecule has 1 aromatic carbocycles. The summed E-state index contributed by atoms with van der Waals surface area (Å²) in [6.45, 7) is 5.93. The lowest BCUT2D eigenvalue weighted by atomic mass is 9.99. The molecule has 1 aromatic heterocycles. The molecule has 0 fully saturated rings. The third-order valence-electron chi connectivity index (χ3n) is 4.14. The molecule has 2 rings (SSSR count). The fourth-order valence-electron chi connectivity index (χ4n) is 2.48. The molecule has 25 heavy (non-hydrogen) atoms. The number of aromatic nitrogens is 1. The number of methoxy groups -OCH3 is 1. The van der Waals surface area contributed by atoms with E-state index in [9.17, 15) is 9.59 Å². The predicted octanol–water partition coefficient (Wildman–Crippen LogP) is 3.36. The van der Waals surface area contributed by atoms with Crippen molar-refractivity contribution in [1.29, 1.82) is 0 Å². The number of ether oxygens (including phenoxy) is 1. The number of carbonyl (C=O) groups is 2. The number of esters is 1. The molecule has 2 atom stereocenters. The second kappa shape index (κ2) is 8.76. The summed E-state index contributed by atoms with van der Waals surface area (Å²) in [4.78, 5) is 28.7. The van der Waals surface area contributed by atoms with E-state index in [4.69, 9.17) is 4.74 Å². The number of carbonyl (C=O) groups excluding carboxylic acids is 2. The van der Waals surface area contributed by atoms with Gasteiger partial charge in [-0.15, -0.1) is 11.3 Å². The first-order chi connectivity index (χ1) is 11.9. The average molecular weight is 360 g/mol. The van der Waals surface area contributed by atoms with Gasteiger partial charge >= 0.3 is 5.97 Å². The van der Waals surface area contributed by atoms with Gasteiger partial charge in [-0.1, -0.05) is 44.0 Å². The molecule has 2 unspecified atom stereocenters. The van der Waals surface area contributed by atoms with Gasteiger partial charge in [0.1, 0.15) is 11.0 Å². The summed E-state index contributed by atoms with van der Waals surface area (Å²) < 4.78 is 4.79. The van der Waals surface area contributed by atoms with E-state index in [-0.39, 0.29) is 18.2 Å². The van der Waals surface area contributed by atoms with Crippen LogP contribution in [0.5, 0.6) is 0 Å². The predicted molar refractivity (Wildman–Crippen MR) is 99.4 cm³/mol. The van der Waals surface area contributed by atoms with Gasteiger partial charge < -0.3 is 10.1 Å². The van der Waals surface area contributed by atoms with Crippen LogP contribution in [-0.2, 0) is 20.7 Å². The first-order valence-electron chi connectivity index (χ1n) is 8.33. The Hall–Kier alpha value is -2.21. The van der Waals surface area contributed by atoms with Gasteiger partial charge in [0.05, 0.1) is 19.2 Å². The van der Waals surface area contributed by atoms with E-state index in [1.54, 1.807) is 0 Å². The number of hydrogen-bond donors (Lipinski definition) is 1. The largest absolute Gasteiger partial charge is 0.467 e. The second-order valence-corrected chi connectivity index (χ2v) is 7.00. The van der Waals surface area contributed by atoms with Crippen LogP contribution < -0.4 is 5.32 Å². The molecular formula is C19H24N2O3S. The van der Waals surface area contributed by atoms with Crippen LogP contribution in [0.25, 0.3) is 10.6 Å². The molecule has 1 N–H and O–H groups in total. The zero-order valence-electron chi connectivity index (χ0n) is 15.0. The summed E-state index contributed by atoms with van der Waals surface area (Å²) in [5, 5.41) is 5.55. The molecule has 0 saturated carbocycles. The highest BCUT2D eigenvalue weighted by Gasteiger charge is 2.26. The van der Waals surface area contributed by atoms with Crippen LogP contribution in [0.4, 0.5) is 0 Å². The molecule has 1 heterocycles. The van der Waals surface area contributed by atoms with E-state index in [0.717, 1.165) is 17.0 Å². The second-order valence-electron chi connectivity index (χ2n) is 6.14. The molecule has 0 spiro atoms. The quantitative estimate of drug-likeness (QED) is 0.769. The van der Waals surface area contributed by atoms with E-state index >= 15 is 0 Å². The minimum Gasteiger partial charge on any atom is -0.467 e. The van der Waals surface area contributed by atoms with Gasteiger partial charge in [-0.05, 0) is 18.9 Å². The lowest BCUT2D eigenvalue weighted by molar-refractivity contribution is -0.146. The first kappa shape index (κ1) is 19.1. The number of thiazole rings is 1. The minimum atomic E-state index is -0.627. The van der Waals surface area contributed by atoms with Gasteiger partial charge in [-0.3, -0.25) is 4.79 Å². The van der Waals surface area contributed by atoms with E-state index < -0.39 is 12.0 Å². The van der Waals surface area contributed by atoms with Crippen LogP contribution in [0.2, 0.25) is 0 Å². The monoisotopic (exact) mass is 360 g/mol. The van der Waals surface area contributed by atoms with Crippen LogP contribution >= 0.6 is 11.3 Å². The van der Waals surface area contributed by atoms with Gasteiger partial charge in [0.25, 0.3) is 0 Å². The summed E-state index contributed by atoms with van der Waals surface area (Å²) in [6.07, 6.45) is 0.917. The molecule has 5 nitrogen and oxygen atoms in total. The average Bonchev–Trinajstić information content (AvgIpc) is 3.06. The Morgan fingerprint density at radius 3 is 2.76 bits per heavy atom. The number of benzene rings is 1. The standard InChI is InChI=1S/C19H24N2O3S/c1-5-13(3)17(19(23)24-4)21-16(22)10-15-11-25-18(20-15)14-8-6-7-12(2)9-14/h6-9,11,13,17H,5,10H2,1-4H3,(H,21,22). The Morgan fingerprint density at radius 2 is 2.12 bits per heavy atom. The highest BCUT2D eigenvalue weighted by molar-refractivity contribution is 7.13. The Labute approximate surface area is 152 Å². The zero-order valence-corrected chi connectivity index (χ0v) is 15.9. The highest BCUT2D eigenvalue weighted by atomic mass is 32.1. The number of amides is 1. The molecule has 2 aromatic rings. The van der Waals surface area contributed by atoms with E-state index in [1.807, 2.05) is 44.4 Å². The fourth-order valence-corrected chi connectivity index (χ4v) is 3.30. The number of nitrogens with one attached hydrogen (secondary N) is 1. The summed E-state index contributed by atoms with van der Waals surface area (Å²) >= 11 is 1.51. The van der Waals surface area contributed by atoms with Crippen molar-refractivity contribution in [2.75, 3.05) is 7.11 Å². The molecule has 0 aliphatic rings. The molecule has 1 amide bonds. The van der Waals surface area contributed by atoms with Crippen molar-refractivity contribution in [2.45, 2.75) is 39.7 Å². The van der Waals surface area contributed by atoms with Crippen molar-refractivity contribution in [3.8, 4) is 10.6 Å². The highest BCUT2D eigenvalue weighted by Crippen LogP contribution is 2.24. The lowest BCUT2D eigenvalue weighted by Crippen LogP contribution is -2.46. The number of rotatable bonds is 7. The summed E-state index contributed by atoms with van der Waals surface area (Å²) in [6, 6.07) is 7.47. The first-order valence-corrected chi connectivity index (χ1v) is 9.21. The van der Waals surface area contributed by atoms with Crippen LogP contribution in [0, 0.1) is 12.8 Å². The van der Waals surface area contributed by atoms with E-state index in [2.05, 4.69) is 16.4 Å². The molecule has 0 bridgehead atoms. The number of aryl methyl sites for hydroxylation is 1. The lowest BCUT2D eigenvalue weighted by Gasteiger charge is -2.21. The molecule has 0 radical (unpaired) electrons. The summed E-state index contributed by atoms with van der Waals surface area (Å²) in [7, 11) is 1.33. The zero-order chi connectivity index (χ0) is 18.4. The summed E-state index contributed by atoms with van der Waals surface area (Å²) in [5.74, 6) is -0.632. The molecular weight excluding hydrogens is 336 g/mol. The topological polar surface area (TPSA) is 68.3 Å². The van der Waals surface area contributed by atoms with Crippen molar-refractivity contribution >= 4 is 23.2 Å². The molecule has 0 aliphatic heterocycles. The molecule has 134 valence electrons. The smallest absolute Gasteiger partial charge is 0.328 e. The normalized spacial score (nSPS) is 13.1. The van der Waals surface area contributed by atoms with Crippen molar-refractivity contribution in [3.05, 3.63) is 40.9 Å². The minimum absolute atomic E-state index is 0.00897. The Balaban J connectivity index is 2.04. The molecule has 0 saturated heterocycles. The van der Waals surface area contributed by atoms with Gasteiger partial charge in [0.15, 0.2) is 0 Å². The van der Waals surface area contributed by atoms with Crippen molar-refractivity contribution in [2.24, 2.45) is 5.92 Å². The Morgan fingerprint density at radius 1 is 1.36 bits per heavy atom. The maximum absolute atomic E-state index is 12.3. The van der Waals surface area contributed by atoms with Gasteiger partial charge in [0, 0.05) is 10.9 Å². The summed E-state index contributed by atoms with van der Waals surface area (Å²) in [5.41, 5.74) is 2.91. The van der Waals surface area contributed by atoms with Crippen molar-refractivity contribution in [3.63, 3.8) is 0 Å². The van der Waals surface area contributed by atoms with Crippen molar-refractivity contribution < 1.29 is 14.3 Å². The SMILES string of the molecule is CCC(C)C(NC(=O)Cc1csc(-c2cccc(C)c2)n1)C(=O)OC. The van der Waals surface area contributed by atoms with Crippen LogP contribution in [0.15, 0.2) is 29.6 Å². The van der Waals surface area contributed by atoms with Crippen LogP contribution in [0.1, 0.15) is 31.5 Å². The van der Waals surface area contributed by atoms with Crippen LogP contribution in [-0.4, -0.2) is 30.0 Å². The molecule has 0 aliphatic carbocycles. The Bertz CT molecular complexity index is 742. The van der Waals surface area contributed by atoms with Gasteiger partial charge in [-0.2, -0.15) is 0 Å².